The van der Waals surface area contributed by atoms with E-state index in [2.05, 4.69) is 27.4 Å². The summed E-state index contributed by atoms with van der Waals surface area (Å²) in [7, 11) is 5.46. The molecular formula is C15H18BrN3OS. The van der Waals surface area contributed by atoms with E-state index in [1.165, 1.54) is 5.56 Å². The molecule has 0 spiro atoms. The molecule has 1 aromatic carbocycles. The molecule has 0 fully saturated rings. The van der Waals surface area contributed by atoms with Crippen LogP contribution in [0.1, 0.15) is 15.9 Å². The smallest absolute Gasteiger partial charge is 0.255 e. The molecule has 1 amide bonds. The number of nitrogens with two attached hydrogens (primary N) is 1. The quantitative estimate of drug-likeness (QED) is 0.842. The summed E-state index contributed by atoms with van der Waals surface area (Å²) in [5, 5.41) is 2.10. The van der Waals surface area contributed by atoms with E-state index >= 15 is 0 Å². The molecule has 0 saturated heterocycles. The topological polar surface area (TPSA) is 49.6 Å². The maximum absolute atomic E-state index is 12.3. The fourth-order valence-corrected chi connectivity index (χ4v) is 3.27. The van der Waals surface area contributed by atoms with Crippen molar-refractivity contribution in [1.82, 2.24) is 4.90 Å². The lowest BCUT2D eigenvalue weighted by atomic mass is 10.1. The lowest BCUT2D eigenvalue weighted by Gasteiger charge is -2.23. The predicted octanol–water partition coefficient (Wildman–Crippen LogP) is 3.43. The lowest BCUT2D eigenvalue weighted by molar-refractivity contribution is 0.0828. The van der Waals surface area contributed by atoms with Gasteiger partial charge in [-0.1, -0.05) is 0 Å². The molecule has 2 rings (SSSR count). The zero-order valence-electron chi connectivity index (χ0n) is 12.3. The minimum absolute atomic E-state index is 0.0247. The van der Waals surface area contributed by atoms with Crippen molar-refractivity contribution < 1.29 is 4.79 Å². The highest BCUT2D eigenvalue weighted by molar-refractivity contribution is 9.11. The van der Waals surface area contributed by atoms with E-state index in [9.17, 15) is 4.79 Å². The molecule has 1 aromatic heterocycles. The van der Waals surface area contributed by atoms with Crippen molar-refractivity contribution in [3.8, 4) is 0 Å². The maximum atomic E-state index is 12.3. The van der Waals surface area contributed by atoms with E-state index in [4.69, 9.17) is 5.73 Å². The summed E-state index contributed by atoms with van der Waals surface area (Å²) in [6.07, 6.45) is 0. The second-order valence-electron chi connectivity index (χ2n) is 5.09. The summed E-state index contributed by atoms with van der Waals surface area (Å²) in [5.41, 5.74) is 9.23. The number of thiophene rings is 1. The van der Waals surface area contributed by atoms with Gasteiger partial charge in [-0.2, -0.15) is 0 Å². The fraction of sp³-hybridized carbons (Fsp3) is 0.267. The van der Waals surface area contributed by atoms with Crippen molar-refractivity contribution in [1.29, 1.82) is 0 Å². The normalized spacial score (nSPS) is 10.5. The number of hydrogen-bond acceptors (Lipinski definition) is 4. The highest BCUT2D eigenvalue weighted by atomic mass is 79.9. The van der Waals surface area contributed by atoms with Crippen LogP contribution in [-0.4, -0.2) is 32.0 Å². The van der Waals surface area contributed by atoms with E-state index in [1.807, 2.05) is 18.0 Å². The number of nitrogens with zero attached hydrogens (tertiary/aromatic N) is 2. The summed E-state index contributed by atoms with van der Waals surface area (Å²) in [4.78, 5) is 15.9. The molecule has 0 aliphatic heterocycles. The van der Waals surface area contributed by atoms with Crippen LogP contribution < -0.4 is 10.6 Å². The number of nitrogen functional groups attached to an aromatic ring is 1. The van der Waals surface area contributed by atoms with Gasteiger partial charge in [0.25, 0.3) is 5.91 Å². The Bertz CT molecular complexity index is 654. The van der Waals surface area contributed by atoms with Gasteiger partial charge in [0.1, 0.15) is 0 Å². The van der Waals surface area contributed by atoms with Gasteiger partial charge in [0, 0.05) is 33.4 Å². The van der Waals surface area contributed by atoms with Crippen LogP contribution in [0, 0.1) is 0 Å². The Kier molecular flexibility index (Phi) is 4.90. The number of amides is 1. The molecule has 0 radical (unpaired) electrons. The highest BCUT2D eigenvalue weighted by Crippen LogP contribution is 2.27. The number of rotatable bonds is 4. The fourth-order valence-electron chi connectivity index (χ4n) is 2.07. The van der Waals surface area contributed by atoms with Crippen LogP contribution in [0.15, 0.2) is 33.4 Å². The number of hydrogen-bond donors (Lipinski definition) is 1. The van der Waals surface area contributed by atoms with Crippen molar-refractivity contribution in [2.45, 2.75) is 6.54 Å². The van der Waals surface area contributed by atoms with Crippen LogP contribution >= 0.6 is 27.3 Å². The third-order valence-electron chi connectivity index (χ3n) is 3.11. The Hall–Kier alpha value is -1.53. The summed E-state index contributed by atoms with van der Waals surface area (Å²) in [5.74, 6) is -0.0247. The Morgan fingerprint density at radius 3 is 2.57 bits per heavy atom. The van der Waals surface area contributed by atoms with Crippen LogP contribution in [0.2, 0.25) is 0 Å². The number of carbonyl (C=O) groups is 1. The summed E-state index contributed by atoms with van der Waals surface area (Å²) < 4.78 is 1.10. The van der Waals surface area contributed by atoms with Gasteiger partial charge in [0.2, 0.25) is 0 Å². The van der Waals surface area contributed by atoms with Crippen molar-refractivity contribution >= 4 is 44.5 Å². The average Bonchev–Trinajstić information content (AvgIpc) is 2.83. The summed E-state index contributed by atoms with van der Waals surface area (Å²) >= 11 is 5.12. The van der Waals surface area contributed by atoms with Gasteiger partial charge in [-0.15, -0.1) is 11.3 Å². The van der Waals surface area contributed by atoms with Crippen LogP contribution in [0.3, 0.4) is 0 Å². The Morgan fingerprint density at radius 1 is 1.29 bits per heavy atom. The first-order chi connectivity index (χ1) is 9.88. The SMILES string of the molecule is CN(C)C(=O)c1ccc(N)cc1N(C)Cc1csc(Br)c1. The van der Waals surface area contributed by atoms with Gasteiger partial charge in [0.05, 0.1) is 15.0 Å². The molecule has 0 unspecified atom stereocenters. The van der Waals surface area contributed by atoms with Crippen molar-refractivity contribution in [3.05, 3.63) is 44.6 Å². The van der Waals surface area contributed by atoms with Gasteiger partial charge in [-0.25, -0.2) is 0 Å². The standard InChI is InChI=1S/C15H18BrN3OS/c1-18(2)15(20)12-5-4-11(17)7-13(12)19(3)8-10-6-14(16)21-9-10/h4-7,9H,8,17H2,1-3H3. The second kappa shape index (κ2) is 6.49. The first-order valence-corrected chi connectivity index (χ1v) is 8.11. The molecule has 0 saturated carbocycles. The van der Waals surface area contributed by atoms with E-state index in [-0.39, 0.29) is 5.91 Å². The van der Waals surface area contributed by atoms with Crippen molar-refractivity contribution in [2.75, 3.05) is 31.8 Å². The van der Waals surface area contributed by atoms with Gasteiger partial charge < -0.3 is 15.5 Å². The molecule has 0 aliphatic carbocycles. The minimum Gasteiger partial charge on any atom is -0.399 e. The Labute approximate surface area is 137 Å². The number of halogens is 1. The van der Waals surface area contributed by atoms with E-state index in [1.54, 1.807) is 42.5 Å². The highest BCUT2D eigenvalue weighted by Gasteiger charge is 2.16. The predicted molar refractivity (Wildman–Crippen MR) is 93.0 cm³/mol. The van der Waals surface area contributed by atoms with Gasteiger partial charge >= 0.3 is 0 Å². The van der Waals surface area contributed by atoms with Gasteiger partial charge in [-0.3, -0.25) is 4.79 Å². The lowest BCUT2D eigenvalue weighted by Crippen LogP contribution is -2.26. The largest absolute Gasteiger partial charge is 0.399 e. The first kappa shape index (κ1) is 15.9. The zero-order valence-corrected chi connectivity index (χ0v) is 14.7. The molecule has 0 aliphatic rings. The van der Waals surface area contributed by atoms with E-state index in [0.717, 1.165) is 16.0 Å². The number of benzene rings is 1. The Morgan fingerprint density at radius 2 is 2.00 bits per heavy atom. The molecule has 2 aromatic rings. The minimum atomic E-state index is -0.0247. The molecule has 2 N–H and O–H groups in total. The Balaban J connectivity index is 2.32. The first-order valence-electron chi connectivity index (χ1n) is 6.43. The molecule has 4 nitrogen and oxygen atoms in total. The van der Waals surface area contributed by atoms with Crippen molar-refractivity contribution in [3.63, 3.8) is 0 Å². The van der Waals surface area contributed by atoms with Gasteiger partial charge in [0.15, 0.2) is 0 Å². The van der Waals surface area contributed by atoms with Crippen LogP contribution in [-0.2, 0) is 6.54 Å². The average molecular weight is 368 g/mol. The van der Waals surface area contributed by atoms with Crippen LogP contribution in [0.5, 0.6) is 0 Å². The maximum Gasteiger partial charge on any atom is 0.255 e. The molecule has 21 heavy (non-hydrogen) atoms. The molecule has 6 heteroatoms. The number of carbonyl (C=O) groups excluding carboxylic acids is 1. The van der Waals surface area contributed by atoms with Gasteiger partial charge in [-0.05, 0) is 51.1 Å². The third-order valence-corrected chi connectivity index (χ3v) is 4.66. The van der Waals surface area contributed by atoms with Crippen molar-refractivity contribution in [2.24, 2.45) is 0 Å². The molecule has 1 heterocycles. The third kappa shape index (κ3) is 3.77. The number of anilines is 2. The monoisotopic (exact) mass is 367 g/mol. The molecule has 0 atom stereocenters. The zero-order chi connectivity index (χ0) is 15.6. The van der Waals surface area contributed by atoms with E-state index in [0.29, 0.717) is 11.3 Å². The molecule has 112 valence electrons. The summed E-state index contributed by atoms with van der Waals surface area (Å²) in [6, 6.07) is 7.47. The second-order valence-corrected chi connectivity index (χ2v) is 7.38. The van der Waals surface area contributed by atoms with Crippen LogP contribution in [0.4, 0.5) is 11.4 Å². The van der Waals surface area contributed by atoms with E-state index < -0.39 is 0 Å². The summed E-state index contributed by atoms with van der Waals surface area (Å²) in [6.45, 7) is 0.721. The molecular weight excluding hydrogens is 350 g/mol. The molecule has 0 bridgehead atoms. The van der Waals surface area contributed by atoms with Crippen LogP contribution in [0.25, 0.3) is 0 Å².